The van der Waals surface area contributed by atoms with Crippen LogP contribution in [-0.4, -0.2) is 28.6 Å². The normalized spacial score (nSPS) is 10.7. The number of aromatic hydroxyl groups is 1. The van der Waals surface area contributed by atoms with Gasteiger partial charge in [-0.2, -0.15) is 8.42 Å². The Balaban J connectivity index is 0.000000176. The highest BCUT2D eigenvalue weighted by molar-refractivity contribution is 7.79. The van der Waals surface area contributed by atoms with E-state index in [4.69, 9.17) is 31.1 Å². The third-order valence-corrected chi connectivity index (χ3v) is 5.86. The van der Waals surface area contributed by atoms with Crippen molar-refractivity contribution < 1.29 is 41.0 Å². The summed E-state index contributed by atoms with van der Waals surface area (Å²) in [5.41, 5.74) is 2.60. The molecule has 2 aromatic heterocycles. The van der Waals surface area contributed by atoms with Gasteiger partial charge in [-0.1, -0.05) is 60.7 Å². The molecule has 0 atom stereocenters. The third-order valence-electron chi connectivity index (χ3n) is 5.86. The third kappa shape index (κ3) is 8.72. The van der Waals surface area contributed by atoms with Crippen LogP contribution < -0.4 is 16.0 Å². The molecule has 4 aromatic carbocycles. The van der Waals surface area contributed by atoms with E-state index in [9.17, 15) is 19.5 Å². The molecular formula is C32H24O11S. The monoisotopic (exact) mass is 616 g/mol. The fraction of sp³-hybridized carbons (Fsp3) is 0.0312. The van der Waals surface area contributed by atoms with E-state index in [0.29, 0.717) is 28.0 Å². The van der Waals surface area contributed by atoms with Crippen molar-refractivity contribution in [1.29, 1.82) is 0 Å². The minimum absolute atomic E-state index is 0.0816. The minimum atomic E-state index is -4.67. The van der Waals surface area contributed by atoms with Crippen LogP contribution >= 0.6 is 0 Å². The molecule has 0 aliphatic carbocycles. The summed E-state index contributed by atoms with van der Waals surface area (Å²) in [7, 11) is -4.67. The maximum atomic E-state index is 12.1. The average Bonchev–Trinajstić information content (AvgIpc) is 2.96. The molecule has 2 heterocycles. The van der Waals surface area contributed by atoms with Gasteiger partial charge in [-0.25, -0.2) is 9.59 Å². The van der Waals surface area contributed by atoms with Crippen molar-refractivity contribution in [2.45, 2.75) is 6.92 Å². The van der Waals surface area contributed by atoms with E-state index in [1.165, 1.54) is 19.1 Å². The Morgan fingerprint density at radius 1 is 0.659 bits per heavy atom. The summed E-state index contributed by atoms with van der Waals surface area (Å²) >= 11 is 0. The van der Waals surface area contributed by atoms with E-state index in [-0.39, 0.29) is 5.75 Å². The minimum Gasteiger partial charge on any atom is -0.508 e. The number of benzene rings is 4. The lowest BCUT2D eigenvalue weighted by atomic mass is 10.1. The molecule has 3 N–H and O–H groups in total. The number of rotatable bonds is 3. The fourth-order valence-electron chi connectivity index (χ4n) is 4.06. The molecule has 11 nitrogen and oxygen atoms in total. The van der Waals surface area contributed by atoms with Gasteiger partial charge in [0, 0.05) is 29.8 Å². The number of fused-ring (bicyclic) bond motifs is 2. The second kappa shape index (κ2) is 13.6. The van der Waals surface area contributed by atoms with E-state index >= 15 is 0 Å². The van der Waals surface area contributed by atoms with Gasteiger partial charge in [-0.15, -0.1) is 0 Å². The second-order valence-electron chi connectivity index (χ2n) is 9.09. The summed E-state index contributed by atoms with van der Waals surface area (Å²) in [6.07, 6.45) is 0. The number of carbonyl (C=O) groups is 1. The molecule has 0 spiro atoms. The molecule has 0 saturated carbocycles. The van der Waals surface area contributed by atoms with E-state index in [0.717, 1.165) is 21.9 Å². The number of ether oxygens (including phenoxy) is 1. The van der Waals surface area contributed by atoms with Crippen LogP contribution in [0.4, 0.5) is 0 Å². The molecule has 0 bridgehead atoms. The first-order valence-electron chi connectivity index (χ1n) is 12.7. The SMILES string of the molecule is CC(=O)Oc1ccc2cc(-c3ccccc3)c(=O)oc2c1.O=S(=O)(O)O.O=c1oc2cc(O)ccc2cc1-c1ccccc1. The zero-order chi connectivity index (χ0) is 31.9. The molecule has 6 rings (SSSR count). The number of phenols is 1. The summed E-state index contributed by atoms with van der Waals surface area (Å²) in [6.45, 7) is 1.32. The molecule has 0 fully saturated rings. The van der Waals surface area contributed by atoms with Crippen LogP contribution in [0.3, 0.4) is 0 Å². The van der Waals surface area contributed by atoms with E-state index < -0.39 is 27.6 Å². The summed E-state index contributed by atoms with van der Waals surface area (Å²) < 4.78 is 47.1. The van der Waals surface area contributed by atoms with Gasteiger partial charge in [0.2, 0.25) is 0 Å². The number of hydrogen-bond acceptors (Lipinski definition) is 9. The van der Waals surface area contributed by atoms with Gasteiger partial charge in [0.15, 0.2) is 0 Å². The molecule has 0 unspecified atom stereocenters. The van der Waals surface area contributed by atoms with Gasteiger partial charge < -0.3 is 18.7 Å². The molecule has 0 radical (unpaired) electrons. The first kappa shape index (κ1) is 31.4. The Hall–Kier alpha value is -5.56. The van der Waals surface area contributed by atoms with E-state index in [1.807, 2.05) is 60.7 Å². The molecule has 12 heteroatoms. The quantitative estimate of drug-likeness (QED) is 0.0932. The smallest absolute Gasteiger partial charge is 0.394 e. The topological polar surface area (TPSA) is 182 Å². The number of phenolic OH excluding ortho intramolecular Hbond substituents is 1. The first-order valence-corrected chi connectivity index (χ1v) is 14.1. The van der Waals surface area contributed by atoms with Crippen molar-refractivity contribution in [1.82, 2.24) is 0 Å². The summed E-state index contributed by atoms with van der Waals surface area (Å²) in [4.78, 5) is 34.9. The first-order chi connectivity index (χ1) is 20.9. The van der Waals surface area contributed by atoms with E-state index in [2.05, 4.69) is 0 Å². The van der Waals surface area contributed by atoms with Gasteiger partial charge in [0.1, 0.15) is 22.7 Å². The maximum Gasteiger partial charge on any atom is 0.394 e. The second-order valence-corrected chi connectivity index (χ2v) is 9.99. The molecule has 0 amide bonds. The molecule has 0 aliphatic heterocycles. The van der Waals surface area contributed by atoms with Gasteiger partial charge in [0.05, 0.1) is 11.1 Å². The number of esters is 1. The summed E-state index contributed by atoms with van der Waals surface area (Å²) in [6, 6.07) is 31.9. The Kier molecular flexibility index (Phi) is 9.71. The molecule has 0 aliphatic rings. The fourth-order valence-corrected chi connectivity index (χ4v) is 4.06. The lowest BCUT2D eigenvalue weighted by Crippen LogP contribution is -2.04. The van der Waals surface area contributed by atoms with Crippen LogP contribution in [0.25, 0.3) is 44.2 Å². The van der Waals surface area contributed by atoms with Crippen molar-refractivity contribution in [3.63, 3.8) is 0 Å². The van der Waals surface area contributed by atoms with Crippen LogP contribution in [-0.2, 0) is 15.2 Å². The highest BCUT2D eigenvalue weighted by atomic mass is 32.3. The van der Waals surface area contributed by atoms with Crippen molar-refractivity contribution in [3.8, 4) is 33.8 Å². The number of carbonyl (C=O) groups excluding carboxylic acids is 1. The maximum absolute atomic E-state index is 12.1. The zero-order valence-electron chi connectivity index (χ0n) is 22.9. The summed E-state index contributed by atoms with van der Waals surface area (Å²) in [5, 5.41) is 10.9. The average molecular weight is 617 g/mol. The van der Waals surface area contributed by atoms with Crippen molar-refractivity contribution in [3.05, 3.63) is 130 Å². The van der Waals surface area contributed by atoms with E-state index in [1.54, 1.807) is 36.4 Å². The van der Waals surface area contributed by atoms with Crippen molar-refractivity contribution >= 4 is 38.3 Å². The van der Waals surface area contributed by atoms with Crippen LogP contribution in [0.1, 0.15) is 6.92 Å². The molecular weight excluding hydrogens is 592 g/mol. The Morgan fingerprint density at radius 3 is 1.55 bits per heavy atom. The van der Waals surface area contributed by atoms with Gasteiger partial charge >= 0.3 is 27.6 Å². The standard InChI is InChI=1S/C17H12O4.C15H10O3.H2O4S/c1-11(18)20-14-8-7-13-9-15(12-5-3-2-4-6-12)17(19)21-16(13)10-14;16-12-7-6-11-8-13(10-4-2-1-3-5-10)15(17)18-14(11)9-12;1-5(2,3)4/h2-10H,1H3;1-9,16H;(H2,1,2,3,4). The van der Waals surface area contributed by atoms with Gasteiger partial charge in [-0.05, 0) is 47.5 Å². The summed E-state index contributed by atoms with van der Waals surface area (Å²) in [5.74, 6) is 0.0151. The number of hydrogen-bond donors (Lipinski definition) is 3. The zero-order valence-corrected chi connectivity index (χ0v) is 23.7. The van der Waals surface area contributed by atoms with Gasteiger partial charge in [0.25, 0.3) is 0 Å². The lowest BCUT2D eigenvalue weighted by Gasteiger charge is -2.04. The molecule has 0 saturated heterocycles. The van der Waals surface area contributed by atoms with Crippen LogP contribution in [0.2, 0.25) is 0 Å². The predicted molar refractivity (Wildman–Crippen MR) is 163 cm³/mol. The molecule has 44 heavy (non-hydrogen) atoms. The predicted octanol–water partition coefficient (Wildman–Crippen LogP) is 5.90. The largest absolute Gasteiger partial charge is 0.508 e. The highest BCUT2D eigenvalue weighted by Gasteiger charge is 2.10. The lowest BCUT2D eigenvalue weighted by molar-refractivity contribution is -0.131. The van der Waals surface area contributed by atoms with Crippen LogP contribution in [0.15, 0.2) is 128 Å². The Labute approximate surface area is 249 Å². The van der Waals surface area contributed by atoms with Crippen LogP contribution in [0.5, 0.6) is 11.5 Å². The Bertz CT molecular complexity index is 2150. The van der Waals surface area contributed by atoms with Crippen LogP contribution in [0, 0.1) is 0 Å². The Morgan fingerprint density at radius 2 is 1.09 bits per heavy atom. The van der Waals surface area contributed by atoms with Crippen molar-refractivity contribution in [2.24, 2.45) is 0 Å². The molecule has 224 valence electrons. The van der Waals surface area contributed by atoms with Gasteiger partial charge in [-0.3, -0.25) is 13.9 Å². The molecule has 6 aromatic rings. The highest BCUT2D eigenvalue weighted by Crippen LogP contribution is 2.25. The van der Waals surface area contributed by atoms with Crippen molar-refractivity contribution in [2.75, 3.05) is 0 Å².